The zero-order valence-electron chi connectivity index (χ0n) is 15.4. The minimum atomic E-state index is 0.0507. The average Bonchev–Trinajstić information content (AvgIpc) is 3.31. The maximum absolute atomic E-state index is 13.1. The van der Waals surface area contributed by atoms with Crippen LogP contribution in [0.1, 0.15) is 62.4 Å². The van der Waals surface area contributed by atoms with Crippen LogP contribution in [0.2, 0.25) is 0 Å². The summed E-state index contributed by atoms with van der Waals surface area (Å²) >= 11 is 1.61. The molecule has 3 aromatic rings. The number of fused-ring (bicyclic) bond motifs is 1. The number of rotatable bonds is 4. The van der Waals surface area contributed by atoms with Crippen molar-refractivity contribution in [2.75, 3.05) is 0 Å². The van der Waals surface area contributed by atoms with E-state index in [9.17, 15) is 4.79 Å². The van der Waals surface area contributed by atoms with Gasteiger partial charge in [0.05, 0.1) is 10.4 Å². The minimum absolute atomic E-state index is 0.0507. The molecule has 2 heterocycles. The molecule has 5 heteroatoms. The van der Waals surface area contributed by atoms with Crippen molar-refractivity contribution in [3.63, 3.8) is 0 Å². The molecule has 1 aliphatic carbocycles. The number of carbonyl (C=O) groups excluding carboxylic acids is 1. The van der Waals surface area contributed by atoms with Crippen molar-refractivity contribution in [1.29, 1.82) is 0 Å². The summed E-state index contributed by atoms with van der Waals surface area (Å²) in [6, 6.07) is 6.93. The molecule has 0 radical (unpaired) electrons. The predicted molar refractivity (Wildman–Crippen MR) is 108 cm³/mol. The Balaban J connectivity index is 1.77. The molecule has 2 aromatic heterocycles. The van der Waals surface area contributed by atoms with E-state index in [1.807, 2.05) is 17.8 Å². The van der Waals surface area contributed by atoms with Gasteiger partial charge in [0, 0.05) is 40.9 Å². The molecule has 1 aromatic carbocycles. The van der Waals surface area contributed by atoms with Gasteiger partial charge in [-0.1, -0.05) is 19.3 Å². The molecule has 1 amide bonds. The van der Waals surface area contributed by atoms with E-state index in [4.69, 9.17) is 0 Å². The van der Waals surface area contributed by atoms with Crippen LogP contribution >= 0.6 is 11.3 Å². The summed E-state index contributed by atoms with van der Waals surface area (Å²) < 4.78 is 2.23. The van der Waals surface area contributed by atoms with E-state index in [1.54, 1.807) is 11.3 Å². The second kappa shape index (κ2) is 7.23. The number of carbonyl (C=O) groups is 1. The number of amides is 1. The zero-order chi connectivity index (χ0) is 18.1. The first kappa shape index (κ1) is 17.3. The summed E-state index contributed by atoms with van der Waals surface area (Å²) in [5.41, 5.74) is 4.79. The molecule has 1 fully saturated rings. The van der Waals surface area contributed by atoms with Gasteiger partial charge in [-0.05, 0) is 50.5 Å². The number of nitrogens with one attached hydrogen (secondary N) is 1. The monoisotopic (exact) mass is 367 g/mol. The molecule has 0 saturated heterocycles. The summed E-state index contributed by atoms with van der Waals surface area (Å²) in [4.78, 5) is 18.4. The molecule has 0 atom stereocenters. The fourth-order valence-corrected chi connectivity index (χ4v) is 4.52. The van der Waals surface area contributed by atoms with Gasteiger partial charge in [0.2, 0.25) is 0 Å². The quantitative estimate of drug-likeness (QED) is 0.670. The van der Waals surface area contributed by atoms with Gasteiger partial charge in [-0.15, -0.1) is 11.3 Å². The number of aromatic nitrogens is 2. The first-order chi connectivity index (χ1) is 12.6. The fourth-order valence-electron chi connectivity index (χ4n) is 3.91. The lowest BCUT2D eigenvalue weighted by Crippen LogP contribution is -2.36. The largest absolute Gasteiger partial charge is 0.349 e. The van der Waals surface area contributed by atoms with Crippen LogP contribution in [-0.4, -0.2) is 21.5 Å². The Kier molecular flexibility index (Phi) is 4.81. The lowest BCUT2D eigenvalue weighted by atomic mass is 9.95. The van der Waals surface area contributed by atoms with Crippen LogP contribution in [0.15, 0.2) is 36.1 Å². The van der Waals surface area contributed by atoms with Crippen LogP contribution in [0.25, 0.3) is 21.3 Å². The van der Waals surface area contributed by atoms with E-state index in [1.165, 1.54) is 19.3 Å². The van der Waals surface area contributed by atoms with E-state index in [2.05, 4.69) is 47.0 Å². The van der Waals surface area contributed by atoms with Crippen molar-refractivity contribution >= 4 is 28.1 Å². The third kappa shape index (κ3) is 3.28. The molecule has 136 valence electrons. The van der Waals surface area contributed by atoms with Crippen LogP contribution in [-0.2, 0) is 0 Å². The molecule has 4 rings (SSSR count). The summed E-state index contributed by atoms with van der Waals surface area (Å²) in [7, 11) is 0. The molecule has 1 N–H and O–H groups in total. The second-order valence-corrected chi connectivity index (χ2v) is 8.33. The SMILES string of the molecule is CC(C)n1ccc2c(C(=O)NC3CCCCC3)cc(-c3cncs3)cc21. The summed E-state index contributed by atoms with van der Waals surface area (Å²) in [5.74, 6) is 0.0507. The van der Waals surface area contributed by atoms with E-state index >= 15 is 0 Å². The lowest BCUT2D eigenvalue weighted by Gasteiger charge is -2.23. The Labute approximate surface area is 158 Å². The number of nitrogens with zero attached hydrogens (tertiary/aromatic N) is 2. The molecule has 1 saturated carbocycles. The lowest BCUT2D eigenvalue weighted by molar-refractivity contribution is 0.0929. The highest BCUT2D eigenvalue weighted by atomic mass is 32.1. The van der Waals surface area contributed by atoms with Crippen molar-refractivity contribution < 1.29 is 4.79 Å². The van der Waals surface area contributed by atoms with Crippen molar-refractivity contribution in [2.45, 2.75) is 58.0 Å². The summed E-state index contributed by atoms with van der Waals surface area (Å²) in [6.45, 7) is 4.33. The molecular weight excluding hydrogens is 342 g/mol. The Morgan fingerprint density at radius 3 is 2.77 bits per heavy atom. The van der Waals surface area contributed by atoms with Crippen molar-refractivity contribution in [3.05, 3.63) is 41.7 Å². The molecule has 0 unspecified atom stereocenters. The van der Waals surface area contributed by atoms with E-state index in [0.717, 1.165) is 39.7 Å². The van der Waals surface area contributed by atoms with E-state index in [0.29, 0.717) is 12.1 Å². The van der Waals surface area contributed by atoms with Crippen molar-refractivity contribution in [2.24, 2.45) is 0 Å². The molecule has 0 bridgehead atoms. The Morgan fingerprint density at radius 1 is 1.27 bits per heavy atom. The molecule has 26 heavy (non-hydrogen) atoms. The molecule has 0 spiro atoms. The highest BCUT2D eigenvalue weighted by Crippen LogP contribution is 2.32. The van der Waals surface area contributed by atoms with Crippen LogP contribution in [0.3, 0.4) is 0 Å². The third-order valence-corrected chi connectivity index (χ3v) is 6.12. The molecular formula is C21H25N3OS. The van der Waals surface area contributed by atoms with E-state index in [-0.39, 0.29) is 5.91 Å². The van der Waals surface area contributed by atoms with Gasteiger partial charge in [-0.3, -0.25) is 9.78 Å². The Hall–Kier alpha value is -2.14. The predicted octanol–water partition coefficient (Wildman–Crippen LogP) is 5.41. The number of hydrogen-bond acceptors (Lipinski definition) is 3. The van der Waals surface area contributed by atoms with Gasteiger partial charge in [-0.2, -0.15) is 0 Å². The average molecular weight is 368 g/mol. The number of hydrogen-bond donors (Lipinski definition) is 1. The van der Waals surface area contributed by atoms with Gasteiger partial charge in [0.25, 0.3) is 5.91 Å². The van der Waals surface area contributed by atoms with Crippen molar-refractivity contribution in [1.82, 2.24) is 14.9 Å². The third-order valence-electron chi connectivity index (χ3n) is 5.30. The highest BCUT2D eigenvalue weighted by molar-refractivity contribution is 7.13. The first-order valence-electron chi connectivity index (χ1n) is 9.48. The van der Waals surface area contributed by atoms with Gasteiger partial charge < -0.3 is 9.88 Å². The zero-order valence-corrected chi connectivity index (χ0v) is 16.2. The fraction of sp³-hybridized carbons (Fsp3) is 0.429. The van der Waals surface area contributed by atoms with Gasteiger partial charge in [0.1, 0.15) is 0 Å². The summed E-state index contributed by atoms with van der Waals surface area (Å²) in [6.07, 6.45) is 9.86. The Morgan fingerprint density at radius 2 is 2.08 bits per heavy atom. The topological polar surface area (TPSA) is 46.9 Å². The van der Waals surface area contributed by atoms with Crippen LogP contribution < -0.4 is 5.32 Å². The van der Waals surface area contributed by atoms with E-state index < -0.39 is 0 Å². The first-order valence-corrected chi connectivity index (χ1v) is 10.4. The molecule has 4 nitrogen and oxygen atoms in total. The number of benzene rings is 1. The minimum Gasteiger partial charge on any atom is -0.349 e. The standard InChI is InChI=1S/C21H25N3OS/c1-14(2)24-9-8-17-18(21(25)23-16-6-4-3-5-7-16)10-15(11-19(17)24)20-12-22-13-26-20/h8-14,16H,3-7H2,1-2H3,(H,23,25). The van der Waals surface area contributed by atoms with Gasteiger partial charge in [0.15, 0.2) is 0 Å². The maximum atomic E-state index is 13.1. The Bertz CT molecular complexity index is 905. The van der Waals surface area contributed by atoms with Gasteiger partial charge in [-0.25, -0.2) is 0 Å². The maximum Gasteiger partial charge on any atom is 0.252 e. The van der Waals surface area contributed by atoms with Crippen LogP contribution in [0.5, 0.6) is 0 Å². The van der Waals surface area contributed by atoms with Crippen molar-refractivity contribution in [3.8, 4) is 10.4 Å². The van der Waals surface area contributed by atoms with Gasteiger partial charge >= 0.3 is 0 Å². The van der Waals surface area contributed by atoms with Crippen LogP contribution in [0.4, 0.5) is 0 Å². The normalized spacial score (nSPS) is 15.7. The highest BCUT2D eigenvalue weighted by Gasteiger charge is 2.20. The molecule has 1 aliphatic rings. The smallest absolute Gasteiger partial charge is 0.252 e. The number of thiazole rings is 1. The van der Waals surface area contributed by atoms with Crippen LogP contribution in [0, 0.1) is 0 Å². The summed E-state index contributed by atoms with van der Waals surface area (Å²) in [5, 5.41) is 4.31. The molecule has 0 aliphatic heterocycles. The second-order valence-electron chi connectivity index (χ2n) is 7.45.